The Kier molecular flexibility index (Phi) is 3.22. The van der Waals surface area contributed by atoms with Crippen LogP contribution in [0.4, 0.5) is 8.78 Å². The third kappa shape index (κ3) is 1.66. The van der Waals surface area contributed by atoms with Crippen LogP contribution in [-0.4, -0.2) is 5.11 Å². The lowest BCUT2D eigenvalue weighted by molar-refractivity contribution is 0.448. The molecule has 0 bridgehead atoms. The summed E-state index contributed by atoms with van der Waals surface area (Å²) in [6, 6.07) is 0. The predicted octanol–water partition coefficient (Wildman–Crippen LogP) is 4.10. The molecule has 0 unspecified atom stereocenters. The highest BCUT2D eigenvalue weighted by molar-refractivity contribution is 6.37. The van der Waals surface area contributed by atoms with E-state index in [1.54, 1.807) is 13.8 Å². The van der Waals surface area contributed by atoms with Crippen LogP contribution in [0.3, 0.4) is 0 Å². The molecule has 0 radical (unpaired) electrons. The lowest BCUT2D eigenvalue weighted by atomic mass is 10.0. The fourth-order valence-electron chi connectivity index (χ4n) is 1.15. The Morgan fingerprint density at radius 1 is 1.07 bits per heavy atom. The summed E-state index contributed by atoms with van der Waals surface area (Å²) in [5.41, 5.74) is -0.0638. The Hall–Kier alpha value is -0.540. The standard InChI is InChI=1S/C9H8Cl2F2O/c1-3(2)4-5(10)9(14)6(11)8(13)7(4)12/h3,14H,1-2H3. The summed E-state index contributed by atoms with van der Waals surface area (Å²) in [6.45, 7) is 3.27. The number of aromatic hydroxyl groups is 1. The van der Waals surface area contributed by atoms with Crippen LogP contribution in [0.2, 0.25) is 10.0 Å². The SMILES string of the molecule is CC(C)c1c(F)c(F)c(Cl)c(O)c1Cl. The van der Waals surface area contributed by atoms with Crippen LogP contribution in [0, 0.1) is 11.6 Å². The smallest absolute Gasteiger partial charge is 0.181 e. The molecule has 78 valence electrons. The van der Waals surface area contributed by atoms with Crippen molar-refractivity contribution < 1.29 is 13.9 Å². The van der Waals surface area contributed by atoms with Crippen molar-refractivity contribution in [3.63, 3.8) is 0 Å². The van der Waals surface area contributed by atoms with E-state index in [1.165, 1.54) is 0 Å². The summed E-state index contributed by atoms with van der Waals surface area (Å²) in [5.74, 6) is -3.32. The highest BCUT2D eigenvalue weighted by Gasteiger charge is 2.23. The zero-order chi connectivity index (χ0) is 11.0. The normalized spacial score (nSPS) is 11.1. The molecular weight excluding hydrogens is 233 g/mol. The topological polar surface area (TPSA) is 20.2 Å². The van der Waals surface area contributed by atoms with Crippen LogP contribution in [-0.2, 0) is 0 Å². The first kappa shape index (κ1) is 11.5. The molecule has 1 rings (SSSR count). The number of halogens is 4. The third-order valence-corrected chi connectivity index (χ3v) is 2.58. The molecule has 5 heteroatoms. The van der Waals surface area contributed by atoms with Gasteiger partial charge in [-0.25, -0.2) is 8.78 Å². The van der Waals surface area contributed by atoms with Crippen molar-refractivity contribution in [3.05, 3.63) is 27.2 Å². The molecule has 1 aromatic rings. The quantitative estimate of drug-likeness (QED) is 0.579. The van der Waals surface area contributed by atoms with Crippen LogP contribution in [0.5, 0.6) is 5.75 Å². The van der Waals surface area contributed by atoms with Gasteiger partial charge in [0.15, 0.2) is 17.4 Å². The fraction of sp³-hybridized carbons (Fsp3) is 0.333. The second-order valence-electron chi connectivity index (χ2n) is 3.17. The number of hydrogen-bond donors (Lipinski definition) is 1. The molecule has 1 N–H and O–H groups in total. The maximum absolute atomic E-state index is 13.3. The Bertz CT molecular complexity index is 349. The molecule has 0 fully saturated rings. The molecule has 0 aromatic heterocycles. The lowest BCUT2D eigenvalue weighted by Gasteiger charge is -2.12. The van der Waals surface area contributed by atoms with Gasteiger partial charge in [0.05, 0.1) is 5.02 Å². The molecule has 1 aromatic carbocycles. The molecular formula is C9H8Cl2F2O. The lowest BCUT2D eigenvalue weighted by Crippen LogP contribution is -1.99. The summed E-state index contributed by atoms with van der Waals surface area (Å²) < 4.78 is 26.4. The van der Waals surface area contributed by atoms with Crippen molar-refractivity contribution in [2.24, 2.45) is 0 Å². The van der Waals surface area contributed by atoms with Crippen molar-refractivity contribution in [1.29, 1.82) is 0 Å². The Balaban J connectivity index is 3.60. The maximum atomic E-state index is 13.3. The molecule has 0 amide bonds. The molecule has 0 aliphatic carbocycles. The van der Waals surface area contributed by atoms with E-state index in [-0.39, 0.29) is 16.5 Å². The van der Waals surface area contributed by atoms with Crippen LogP contribution >= 0.6 is 23.2 Å². The van der Waals surface area contributed by atoms with E-state index in [4.69, 9.17) is 23.2 Å². The minimum atomic E-state index is -1.27. The van der Waals surface area contributed by atoms with Crippen molar-refractivity contribution in [3.8, 4) is 5.75 Å². The van der Waals surface area contributed by atoms with Gasteiger partial charge in [-0.05, 0) is 5.92 Å². The number of phenols is 1. The summed E-state index contributed by atoms with van der Waals surface area (Å²) in [5, 5.41) is 8.35. The highest BCUT2D eigenvalue weighted by Crippen LogP contribution is 2.41. The molecule has 0 aliphatic rings. The zero-order valence-corrected chi connectivity index (χ0v) is 9.05. The first-order valence-corrected chi connectivity index (χ1v) is 4.68. The molecule has 0 saturated heterocycles. The first-order valence-electron chi connectivity index (χ1n) is 3.92. The van der Waals surface area contributed by atoms with Crippen LogP contribution in [0.25, 0.3) is 0 Å². The Morgan fingerprint density at radius 3 is 2.00 bits per heavy atom. The van der Waals surface area contributed by atoms with E-state index in [1.807, 2.05) is 0 Å². The van der Waals surface area contributed by atoms with Gasteiger partial charge in [-0.1, -0.05) is 37.0 Å². The van der Waals surface area contributed by atoms with Gasteiger partial charge in [0.2, 0.25) is 0 Å². The van der Waals surface area contributed by atoms with Crippen molar-refractivity contribution >= 4 is 23.2 Å². The van der Waals surface area contributed by atoms with Crippen LogP contribution < -0.4 is 0 Å². The van der Waals surface area contributed by atoms with Gasteiger partial charge >= 0.3 is 0 Å². The highest BCUT2D eigenvalue weighted by atomic mass is 35.5. The van der Waals surface area contributed by atoms with Gasteiger partial charge in [0.1, 0.15) is 5.02 Å². The van der Waals surface area contributed by atoms with E-state index in [0.717, 1.165) is 0 Å². The zero-order valence-electron chi connectivity index (χ0n) is 7.54. The minimum Gasteiger partial charge on any atom is -0.505 e. The third-order valence-electron chi connectivity index (χ3n) is 1.85. The Morgan fingerprint density at radius 2 is 1.57 bits per heavy atom. The van der Waals surface area contributed by atoms with E-state index < -0.39 is 22.4 Å². The number of hydrogen-bond acceptors (Lipinski definition) is 1. The molecule has 1 nitrogen and oxygen atoms in total. The molecule has 0 heterocycles. The monoisotopic (exact) mass is 240 g/mol. The Labute approximate surface area is 90.3 Å². The largest absolute Gasteiger partial charge is 0.505 e. The van der Waals surface area contributed by atoms with E-state index in [9.17, 15) is 13.9 Å². The van der Waals surface area contributed by atoms with Crippen molar-refractivity contribution in [1.82, 2.24) is 0 Å². The van der Waals surface area contributed by atoms with Crippen LogP contribution in [0.15, 0.2) is 0 Å². The number of benzene rings is 1. The molecule has 0 atom stereocenters. The molecule has 0 saturated carbocycles. The van der Waals surface area contributed by atoms with Gasteiger partial charge in [0.25, 0.3) is 0 Å². The summed E-state index contributed by atoms with van der Waals surface area (Å²) in [6.07, 6.45) is 0. The second-order valence-corrected chi connectivity index (χ2v) is 3.93. The molecule has 14 heavy (non-hydrogen) atoms. The predicted molar refractivity (Wildman–Crippen MR) is 52.1 cm³/mol. The summed E-state index contributed by atoms with van der Waals surface area (Å²) >= 11 is 10.9. The van der Waals surface area contributed by atoms with Gasteiger partial charge in [-0.2, -0.15) is 0 Å². The number of rotatable bonds is 1. The molecule has 0 spiro atoms. The van der Waals surface area contributed by atoms with Gasteiger partial charge in [-0.15, -0.1) is 0 Å². The fourth-order valence-corrected chi connectivity index (χ4v) is 1.77. The first-order chi connectivity index (χ1) is 6.37. The van der Waals surface area contributed by atoms with Gasteiger partial charge in [0, 0.05) is 5.56 Å². The average Bonchev–Trinajstić information content (AvgIpc) is 2.11. The van der Waals surface area contributed by atoms with Crippen molar-refractivity contribution in [2.75, 3.05) is 0 Å². The van der Waals surface area contributed by atoms with Crippen molar-refractivity contribution in [2.45, 2.75) is 19.8 Å². The molecule has 0 aliphatic heterocycles. The average molecular weight is 241 g/mol. The van der Waals surface area contributed by atoms with Gasteiger partial charge in [-0.3, -0.25) is 0 Å². The van der Waals surface area contributed by atoms with E-state index in [0.29, 0.717) is 0 Å². The van der Waals surface area contributed by atoms with Gasteiger partial charge < -0.3 is 5.11 Å². The minimum absolute atomic E-state index is 0.0638. The summed E-state index contributed by atoms with van der Waals surface area (Å²) in [7, 11) is 0. The maximum Gasteiger partial charge on any atom is 0.181 e. The second kappa shape index (κ2) is 3.91. The van der Waals surface area contributed by atoms with E-state index in [2.05, 4.69) is 0 Å². The summed E-state index contributed by atoms with van der Waals surface area (Å²) in [4.78, 5) is 0. The van der Waals surface area contributed by atoms with E-state index >= 15 is 0 Å². The van der Waals surface area contributed by atoms with Crippen LogP contribution in [0.1, 0.15) is 25.3 Å². The number of phenolic OH excluding ortho intramolecular Hbond substituents is 1.